The van der Waals surface area contributed by atoms with Gasteiger partial charge in [0.15, 0.2) is 5.76 Å². The molecule has 2 heterocycles. The van der Waals surface area contributed by atoms with Crippen molar-refractivity contribution in [2.45, 2.75) is 71.8 Å². The van der Waals surface area contributed by atoms with Crippen LogP contribution in [0.15, 0.2) is 65.3 Å². The van der Waals surface area contributed by atoms with Crippen molar-refractivity contribution >= 4 is 16.9 Å². The van der Waals surface area contributed by atoms with Crippen molar-refractivity contribution in [3.63, 3.8) is 0 Å². The number of carbonyl (C=O) groups is 1. The molecule has 0 fully saturated rings. The Labute approximate surface area is 220 Å². The van der Waals surface area contributed by atoms with Gasteiger partial charge in [0.25, 0.3) is 5.91 Å². The van der Waals surface area contributed by atoms with Gasteiger partial charge in [0.05, 0.1) is 23.9 Å². The van der Waals surface area contributed by atoms with E-state index in [1.165, 1.54) is 22.9 Å². The summed E-state index contributed by atoms with van der Waals surface area (Å²) in [7, 11) is 0. The molecule has 37 heavy (non-hydrogen) atoms. The second kappa shape index (κ2) is 13.1. The number of imidazole rings is 1. The lowest BCUT2D eigenvalue weighted by Gasteiger charge is -2.15. The molecule has 0 bridgehead atoms. The van der Waals surface area contributed by atoms with Crippen molar-refractivity contribution in [3.8, 4) is 5.75 Å². The molecule has 4 aromatic rings. The number of rotatable bonds is 14. The highest BCUT2D eigenvalue weighted by Gasteiger charge is 2.12. The summed E-state index contributed by atoms with van der Waals surface area (Å²) < 4.78 is 13.7. The standard InChI is InChI=1S/C31H39N3O3/c1-23(2)25-17-16-24(3)22-29(25)37-20-10-9-19-34-27-13-7-6-12-26(27)33-30(34)15-5-4-8-18-32-31(35)28-14-11-21-36-28/h6-7,11-14,16-17,21-23H,4-5,8-10,15,18-20H2,1-3H3,(H,32,35). The maximum Gasteiger partial charge on any atom is 0.286 e. The highest BCUT2D eigenvalue weighted by molar-refractivity contribution is 5.91. The van der Waals surface area contributed by atoms with Crippen LogP contribution in [0.2, 0.25) is 0 Å². The van der Waals surface area contributed by atoms with Crippen LogP contribution >= 0.6 is 0 Å². The fourth-order valence-electron chi connectivity index (χ4n) is 4.65. The van der Waals surface area contributed by atoms with Crippen LogP contribution in [-0.4, -0.2) is 28.6 Å². The van der Waals surface area contributed by atoms with E-state index in [-0.39, 0.29) is 5.91 Å². The number of nitrogens with one attached hydrogen (secondary N) is 1. The van der Waals surface area contributed by atoms with Gasteiger partial charge in [0, 0.05) is 19.5 Å². The minimum absolute atomic E-state index is 0.154. The van der Waals surface area contributed by atoms with Crippen LogP contribution < -0.4 is 10.1 Å². The third-order valence-electron chi connectivity index (χ3n) is 6.67. The normalized spacial score (nSPS) is 11.4. The summed E-state index contributed by atoms with van der Waals surface area (Å²) in [6.45, 7) is 8.83. The smallest absolute Gasteiger partial charge is 0.286 e. The molecule has 2 aromatic carbocycles. The molecule has 0 saturated carbocycles. The lowest BCUT2D eigenvalue weighted by atomic mass is 10.0. The number of unbranched alkanes of at least 4 members (excludes halogenated alkanes) is 3. The topological polar surface area (TPSA) is 69.3 Å². The molecule has 1 N–H and O–H groups in total. The molecular formula is C31H39N3O3. The number of fused-ring (bicyclic) bond motifs is 1. The van der Waals surface area contributed by atoms with Crippen LogP contribution in [0.1, 0.15) is 79.4 Å². The largest absolute Gasteiger partial charge is 0.493 e. The number of carbonyl (C=O) groups excluding carboxylic acids is 1. The molecule has 0 aliphatic heterocycles. The van der Waals surface area contributed by atoms with Crippen LogP contribution in [0.25, 0.3) is 11.0 Å². The summed E-state index contributed by atoms with van der Waals surface area (Å²) >= 11 is 0. The summed E-state index contributed by atoms with van der Waals surface area (Å²) in [5, 5.41) is 2.92. The first-order valence-corrected chi connectivity index (χ1v) is 13.5. The number of ether oxygens (including phenoxy) is 1. The molecule has 0 saturated heterocycles. The first-order valence-electron chi connectivity index (χ1n) is 13.5. The van der Waals surface area contributed by atoms with Crippen molar-refractivity contribution in [1.29, 1.82) is 0 Å². The zero-order valence-electron chi connectivity index (χ0n) is 22.3. The molecule has 0 atom stereocenters. The number of hydrogen-bond acceptors (Lipinski definition) is 4. The van der Waals surface area contributed by atoms with Gasteiger partial charge in [-0.2, -0.15) is 0 Å². The van der Waals surface area contributed by atoms with Gasteiger partial charge in [0.1, 0.15) is 11.6 Å². The fraction of sp³-hybridized carbons (Fsp3) is 0.419. The monoisotopic (exact) mass is 501 g/mol. The van der Waals surface area contributed by atoms with E-state index in [0.717, 1.165) is 68.8 Å². The van der Waals surface area contributed by atoms with E-state index < -0.39 is 0 Å². The van der Waals surface area contributed by atoms with E-state index in [1.807, 2.05) is 6.07 Å². The highest BCUT2D eigenvalue weighted by atomic mass is 16.5. The number of nitrogens with zero attached hydrogens (tertiary/aromatic N) is 2. The summed E-state index contributed by atoms with van der Waals surface area (Å²) in [4.78, 5) is 16.9. The summed E-state index contributed by atoms with van der Waals surface area (Å²) in [5.74, 6) is 2.81. The van der Waals surface area contributed by atoms with Gasteiger partial charge in [-0.15, -0.1) is 0 Å². The Hall–Kier alpha value is -3.54. The van der Waals surface area contributed by atoms with Crippen LogP contribution in [-0.2, 0) is 13.0 Å². The Kier molecular flexibility index (Phi) is 9.41. The van der Waals surface area contributed by atoms with Gasteiger partial charge in [-0.3, -0.25) is 4.79 Å². The van der Waals surface area contributed by atoms with Gasteiger partial charge in [-0.1, -0.05) is 44.5 Å². The van der Waals surface area contributed by atoms with Crippen molar-refractivity contribution in [2.24, 2.45) is 0 Å². The van der Waals surface area contributed by atoms with Crippen molar-refractivity contribution in [1.82, 2.24) is 14.9 Å². The molecule has 0 unspecified atom stereocenters. The van der Waals surface area contributed by atoms with E-state index in [2.05, 4.69) is 67.1 Å². The molecule has 196 valence electrons. The maximum absolute atomic E-state index is 12.0. The third-order valence-corrected chi connectivity index (χ3v) is 6.67. The zero-order valence-corrected chi connectivity index (χ0v) is 22.3. The van der Waals surface area contributed by atoms with E-state index >= 15 is 0 Å². The Bertz CT molecular complexity index is 1270. The van der Waals surface area contributed by atoms with Gasteiger partial charge in [-0.25, -0.2) is 4.98 Å². The average Bonchev–Trinajstić information content (AvgIpc) is 3.54. The number of benzene rings is 2. The van der Waals surface area contributed by atoms with Gasteiger partial charge in [0.2, 0.25) is 0 Å². The van der Waals surface area contributed by atoms with Crippen LogP contribution in [0.4, 0.5) is 0 Å². The van der Waals surface area contributed by atoms with Crippen molar-refractivity contribution in [2.75, 3.05) is 13.2 Å². The summed E-state index contributed by atoms with van der Waals surface area (Å²) in [5.41, 5.74) is 4.76. The zero-order chi connectivity index (χ0) is 26.0. The Morgan fingerprint density at radius 2 is 1.89 bits per heavy atom. The Morgan fingerprint density at radius 1 is 1.03 bits per heavy atom. The molecule has 0 aliphatic carbocycles. The molecule has 6 nitrogen and oxygen atoms in total. The maximum atomic E-state index is 12.0. The highest BCUT2D eigenvalue weighted by Crippen LogP contribution is 2.27. The lowest BCUT2D eigenvalue weighted by Crippen LogP contribution is -2.23. The van der Waals surface area contributed by atoms with Crippen molar-refractivity contribution < 1.29 is 13.9 Å². The molecule has 2 aromatic heterocycles. The second-order valence-corrected chi connectivity index (χ2v) is 9.96. The van der Waals surface area contributed by atoms with E-state index in [9.17, 15) is 4.79 Å². The van der Waals surface area contributed by atoms with Crippen molar-refractivity contribution in [3.05, 3.63) is 83.6 Å². The molecular weight excluding hydrogens is 462 g/mol. The first kappa shape index (κ1) is 26.5. The van der Waals surface area contributed by atoms with E-state index in [0.29, 0.717) is 18.2 Å². The third kappa shape index (κ3) is 7.25. The Balaban J connectivity index is 1.25. The minimum Gasteiger partial charge on any atom is -0.493 e. The average molecular weight is 502 g/mol. The van der Waals surface area contributed by atoms with Gasteiger partial charge in [-0.05, 0) is 80.0 Å². The van der Waals surface area contributed by atoms with Crippen LogP contribution in [0.3, 0.4) is 0 Å². The summed E-state index contributed by atoms with van der Waals surface area (Å²) in [6.07, 6.45) is 7.47. The van der Waals surface area contributed by atoms with Gasteiger partial charge >= 0.3 is 0 Å². The number of aromatic nitrogens is 2. The minimum atomic E-state index is -0.154. The van der Waals surface area contributed by atoms with Gasteiger partial charge < -0.3 is 19.0 Å². The van der Waals surface area contributed by atoms with E-state index in [1.54, 1.807) is 12.1 Å². The van der Waals surface area contributed by atoms with E-state index in [4.69, 9.17) is 14.1 Å². The summed E-state index contributed by atoms with van der Waals surface area (Å²) in [6, 6.07) is 18.3. The molecule has 6 heteroatoms. The number of amides is 1. The lowest BCUT2D eigenvalue weighted by molar-refractivity contribution is 0.0925. The fourth-order valence-corrected chi connectivity index (χ4v) is 4.65. The molecule has 1 amide bonds. The van der Waals surface area contributed by atoms with Crippen LogP contribution in [0.5, 0.6) is 5.75 Å². The molecule has 0 radical (unpaired) electrons. The number of para-hydroxylation sites is 2. The SMILES string of the molecule is Cc1ccc(C(C)C)c(OCCCCn2c(CCCCCNC(=O)c3ccco3)nc3ccccc32)c1. The molecule has 0 aliphatic rings. The first-order chi connectivity index (χ1) is 18.0. The van der Waals surface area contributed by atoms with Crippen LogP contribution in [0, 0.1) is 6.92 Å². The number of aryl methyl sites for hydroxylation is 3. The second-order valence-electron chi connectivity index (χ2n) is 9.96. The predicted molar refractivity (Wildman–Crippen MR) is 148 cm³/mol. The predicted octanol–water partition coefficient (Wildman–Crippen LogP) is 7.06. The molecule has 4 rings (SSSR count). The molecule has 0 spiro atoms. The number of hydrogen-bond donors (Lipinski definition) is 1. The Morgan fingerprint density at radius 3 is 2.70 bits per heavy atom. The number of furan rings is 1. The quantitative estimate of drug-likeness (QED) is 0.188.